The maximum absolute atomic E-state index is 12.2. The number of carbonyl (C=O) groups is 2. The van der Waals surface area contributed by atoms with Crippen molar-refractivity contribution >= 4 is 22.8 Å². The number of amides is 1. The van der Waals surface area contributed by atoms with Gasteiger partial charge in [-0.3, -0.25) is 0 Å². The van der Waals surface area contributed by atoms with Crippen molar-refractivity contribution in [2.45, 2.75) is 45.3 Å². The van der Waals surface area contributed by atoms with Gasteiger partial charge in [-0.1, -0.05) is 30.3 Å². The van der Waals surface area contributed by atoms with E-state index in [1.807, 2.05) is 45.0 Å². The van der Waals surface area contributed by atoms with Gasteiger partial charge in [0.25, 0.3) is 0 Å². The highest BCUT2D eigenvalue weighted by Gasteiger charge is 2.28. The molecule has 0 atom stereocenters. The molecule has 2 aromatic carbocycles. The number of rotatable bonds is 3. The second-order valence-corrected chi connectivity index (χ2v) is 7.75. The van der Waals surface area contributed by atoms with Gasteiger partial charge in [0, 0.05) is 31.3 Å². The number of piperidine rings is 1. The van der Waals surface area contributed by atoms with Crippen LogP contribution in [-0.2, 0) is 4.74 Å². The van der Waals surface area contributed by atoms with Gasteiger partial charge in [-0.05, 0) is 32.2 Å². The molecule has 144 valence electrons. The van der Waals surface area contributed by atoms with E-state index in [-0.39, 0.29) is 17.8 Å². The smallest absolute Gasteiger partial charge is 0.410 e. The quantitative estimate of drug-likeness (QED) is 0.870. The van der Waals surface area contributed by atoms with Crippen LogP contribution in [0.5, 0.6) is 5.75 Å². The van der Waals surface area contributed by atoms with E-state index in [1.165, 1.54) is 0 Å². The summed E-state index contributed by atoms with van der Waals surface area (Å²) < 4.78 is 11.5. The first kappa shape index (κ1) is 19.0. The van der Waals surface area contributed by atoms with Crippen molar-refractivity contribution in [3.63, 3.8) is 0 Å². The van der Waals surface area contributed by atoms with Crippen LogP contribution in [0.2, 0.25) is 0 Å². The topological polar surface area (TPSA) is 76.1 Å². The van der Waals surface area contributed by atoms with Crippen molar-refractivity contribution in [1.82, 2.24) is 4.90 Å². The van der Waals surface area contributed by atoms with Gasteiger partial charge in [0.15, 0.2) is 0 Å². The summed E-state index contributed by atoms with van der Waals surface area (Å²) in [5.41, 5.74) is -0.368. The van der Waals surface area contributed by atoms with Gasteiger partial charge < -0.3 is 19.5 Å². The summed E-state index contributed by atoms with van der Waals surface area (Å²) in [6.07, 6.45) is 0.785. The minimum atomic E-state index is -1.01. The molecule has 1 N–H and O–H groups in total. The van der Waals surface area contributed by atoms with Crippen LogP contribution in [0.1, 0.15) is 44.0 Å². The Bertz CT molecular complexity index is 847. The van der Waals surface area contributed by atoms with E-state index in [1.54, 1.807) is 17.0 Å². The van der Waals surface area contributed by atoms with Crippen LogP contribution in [0, 0.1) is 0 Å². The van der Waals surface area contributed by atoms with Crippen molar-refractivity contribution in [3.05, 3.63) is 42.0 Å². The normalized spacial score (nSPS) is 15.6. The Morgan fingerprint density at radius 3 is 2.37 bits per heavy atom. The maximum atomic E-state index is 12.2. The van der Waals surface area contributed by atoms with Crippen molar-refractivity contribution in [2.24, 2.45) is 0 Å². The number of ether oxygens (including phenoxy) is 2. The summed E-state index contributed by atoms with van der Waals surface area (Å²) in [5, 5.41) is 11.2. The van der Waals surface area contributed by atoms with E-state index in [4.69, 9.17) is 9.47 Å². The average Bonchev–Trinajstić information content (AvgIpc) is 2.61. The number of fused-ring (bicyclic) bond motifs is 1. The van der Waals surface area contributed by atoms with Crippen molar-refractivity contribution in [3.8, 4) is 5.75 Å². The third kappa shape index (κ3) is 4.51. The van der Waals surface area contributed by atoms with Crippen LogP contribution in [0.3, 0.4) is 0 Å². The minimum Gasteiger partial charge on any atom is -0.489 e. The fourth-order valence-corrected chi connectivity index (χ4v) is 3.19. The van der Waals surface area contributed by atoms with Gasteiger partial charge in [-0.25, -0.2) is 9.59 Å². The number of likely N-dealkylation sites (tertiary alicyclic amines) is 1. The number of carboxylic acid groups (broad SMARTS) is 1. The molecule has 0 spiro atoms. The van der Waals surface area contributed by atoms with Crippen LogP contribution in [-0.4, -0.2) is 46.9 Å². The van der Waals surface area contributed by atoms with E-state index < -0.39 is 11.6 Å². The molecule has 1 heterocycles. The summed E-state index contributed by atoms with van der Waals surface area (Å²) in [4.78, 5) is 25.5. The number of hydrogen-bond donors (Lipinski definition) is 1. The molecule has 0 unspecified atom stereocenters. The summed E-state index contributed by atoms with van der Waals surface area (Å²) >= 11 is 0. The first-order chi connectivity index (χ1) is 12.7. The fraction of sp³-hybridized carbons (Fsp3) is 0.429. The Morgan fingerprint density at radius 2 is 1.74 bits per heavy atom. The predicted octanol–water partition coefficient (Wildman–Crippen LogP) is 4.32. The van der Waals surface area contributed by atoms with E-state index in [0.717, 1.165) is 10.8 Å². The molecule has 0 aromatic heterocycles. The van der Waals surface area contributed by atoms with Crippen molar-refractivity contribution < 1.29 is 24.2 Å². The molecule has 6 heteroatoms. The van der Waals surface area contributed by atoms with Gasteiger partial charge in [-0.2, -0.15) is 0 Å². The molecule has 1 saturated heterocycles. The largest absolute Gasteiger partial charge is 0.489 e. The molecule has 0 aliphatic carbocycles. The highest BCUT2D eigenvalue weighted by molar-refractivity contribution is 6.00. The van der Waals surface area contributed by atoms with Crippen LogP contribution in [0.15, 0.2) is 36.4 Å². The number of hydrogen-bond acceptors (Lipinski definition) is 4. The second kappa shape index (κ2) is 7.47. The second-order valence-electron chi connectivity index (χ2n) is 7.75. The Balaban J connectivity index is 1.73. The van der Waals surface area contributed by atoms with E-state index in [9.17, 15) is 14.7 Å². The molecule has 2 aromatic rings. The Kier molecular flexibility index (Phi) is 5.26. The van der Waals surface area contributed by atoms with E-state index in [0.29, 0.717) is 31.7 Å². The number of benzene rings is 2. The molecule has 1 fully saturated rings. The van der Waals surface area contributed by atoms with Crippen LogP contribution < -0.4 is 4.74 Å². The number of aromatic carboxylic acids is 1. The zero-order valence-corrected chi connectivity index (χ0v) is 15.9. The zero-order chi connectivity index (χ0) is 19.6. The highest BCUT2D eigenvalue weighted by Crippen LogP contribution is 2.32. The lowest BCUT2D eigenvalue weighted by Gasteiger charge is -2.33. The zero-order valence-electron chi connectivity index (χ0n) is 15.9. The Labute approximate surface area is 158 Å². The van der Waals surface area contributed by atoms with Crippen LogP contribution >= 0.6 is 0 Å². The Hall–Kier alpha value is -2.76. The van der Waals surface area contributed by atoms with Gasteiger partial charge in [0.2, 0.25) is 0 Å². The van der Waals surface area contributed by atoms with E-state index in [2.05, 4.69) is 0 Å². The summed E-state index contributed by atoms with van der Waals surface area (Å²) in [5.74, 6) is -0.613. The molecule has 0 bridgehead atoms. The van der Waals surface area contributed by atoms with Crippen LogP contribution in [0.4, 0.5) is 4.79 Å². The SMILES string of the molecule is CC(C)(C)OC(=O)N1CCC(Oc2c(C(=O)O)ccc3ccccc23)CC1. The monoisotopic (exact) mass is 371 g/mol. The standard InChI is InChI=1S/C21H25NO5/c1-21(2,3)27-20(25)22-12-10-15(11-13-22)26-18-16-7-5-4-6-14(16)8-9-17(18)19(23)24/h4-9,15H,10-13H2,1-3H3,(H,23,24). The van der Waals surface area contributed by atoms with Crippen molar-refractivity contribution in [1.29, 1.82) is 0 Å². The lowest BCUT2D eigenvalue weighted by molar-refractivity contribution is 0.0127. The van der Waals surface area contributed by atoms with Gasteiger partial charge in [0.1, 0.15) is 23.0 Å². The van der Waals surface area contributed by atoms with Gasteiger partial charge in [-0.15, -0.1) is 0 Å². The van der Waals surface area contributed by atoms with Gasteiger partial charge >= 0.3 is 12.1 Å². The molecule has 1 aliphatic heterocycles. The third-order valence-corrected chi connectivity index (χ3v) is 4.49. The minimum absolute atomic E-state index is 0.146. The number of nitrogens with zero attached hydrogens (tertiary/aromatic N) is 1. The molecule has 27 heavy (non-hydrogen) atoms. The fourth-order valence-electron chi connectivity index (χ4n) is 3.19. The van der Waals surface area contributed by atoms with Crippen molar-refractivity contribution in [2.75, 3.05) is 13.1 Å². The lowest BCUT2D eigenvalue weighted by Crippen LogP contribution is -2.44. The number of carboxylic acids is 1. The molecule has 1 aliphatic rings. The van der Waals surface area contributed by atoms with Crippen LogP contribution in [0.25, 0.3) is 10.8 Å². The average molecular weight is 371 g/mol. The molecule has 6 nitrogen and oxygen atoms in total. The molecule has 1 amide bonds. The molecule has 3 rings (SSSR count). The van der Waals surface area contributed by atoms with E-state index >= 15 is 0 Å². The van der Waals surface area contributed by atoms with Gasteiger partial charge in [0.05, 0.1) is 0 Å². The first-order valence-electron chi connectivity index (χ1n) is 9.14. The Morgan fingerprint density at radius 1 is 1.07 bits per heavy atom. The first-order valence-corrected chi connectivity index (χ1v) is 9.14. The maximum Gasteiger partial charge on any atom is 0.410 e. The third-order valence-electron chi connectivity index (χ3n) is 4.49. The molecular weight excluding hydrogens is 346 g/mol. The lowest BCUT2D eigenvalue weighted by atomic mass is 10.0. The summed E-state index contributed by atoms with van der Waals surface area (Å²) in [6.45, 7) is 6.57. The number of carbonyl (C=O) groups excluding carboxylic acids is 1. The summed E-state index contributed by atoms with van der Waals surface area (Å²) in [6, 6.07) is 10.9. The highest BCUT2D eigenvalue weighted by atomic mass is 16.6. The molecule has 0 saturated carbocycles. The predicted molar refractivity (Wildman–Crippen MR) is 102 cm³/mol. The summed E-state index contributed by atoms with van der Waals surface area (Å²) in [7, 11) is 0. The molecular formula is C21H25NO5. The molecule has 0 radical (unpaired) electrons.